The van der Waals surface area contributed by atoms with Gasteiger partial charge in [0.25, 0.3) is 0 Å². The van der Waals surface area contributed by atoms with Crippen molar-refractivity contribution in [2.24, 2.45) is 5.92 Å². The molecule has 0 radical (unpaired) electrons. The second kappa shape index (κ2) is 5.15. The molecule has 3 heteroatoms. The van der Waals surface area contributed by atoms with Gasteiger partial charge < -0.3 is 9.47 Å². The van der Waals surface area contributed by atoms with Gasteiger partial charge >= 0.3 is 5.97 Å². The van der Waals surface area contributed by atoms with E-state index >= 15 is 0 Å². The number of hydrogen-bond donors (Lipinski definition) is 0. The van der Waals surface area contributed by atoms with Gasteiger partial charge in [0.1, 0.15) is 0 Å². The van der Waals surface area contributed by atoms with Gasteiger partial charge in [-0.25, -0.2) is 4.79 Å². The van der Waals surface area contributed by atoms with Gasteiger partial charge in [-0.1, -0.05) is 6.58 Å². The third-order valence-corrected chi connectivity index (χ3v) is 2.39. The van der Waals surface area contributed by atoms with Gasteiger partial charge in [0.05, 0.1) is 12.7 Å². The van der Waals surface area contributed by atoms with Crippen LogP contribution in [0.4, 0.5) is 0 Å². The fourth-order valence-corrected chi connectivity index (χ4v) is 1.56. The summed E-state index contributed by atoms with van der Waals surface area (Å²) >= 11 is 0. The highest BCUT2D eigenvalue weighted by molar-refractivity contribution is 5.86. The summed E-state index contributed by atoms with van der Waals surface area (Å²) in [5.74, 6) is 0.159. The number of rotatable bonds is 3. The largest absolute Gasteiger partial charge is 0.462 e. The van der Waals surface area contributed by atoms with Crippen LogP contribution in [0.3, 0.4) is 0 Å². The van der Waals surface area contributed by atoms with E-state index in [2.05, 4.69) is 6.58 Å². The van der Waals surface area contributed by atoms with E-state index in [-0.39, 0.29) is 12.1 Å². The first-order chi connectivity index (χ1) is 6.59. The molecule has 0 aromatic rings. The van der Waals surface area contributed by atoms with Crippen LogP contribution in [0, 0.1) is 5.92 Å². The van der Waals surface area contributed by atoms with Crippen LogP contribution in [-0.2, 0) is 14.3 Å². The second-order valence-electron chi connectivity index (χ2n) is 3.95. The predicted molar refractivity (Wildman–Crippen MR) is 53.9 cm³/mol. The Morgan fingerprint density at radius 3 is 2.93 bits per heavy atom. The lowest BCUT2D eigenvalue weighted by atomic mass is 9.97. The number of hydrogen-bond acceptors (Lipinski definition) is 3. The van der Waals surface area contributed by atoms with Crippen LogP contribution >= 0.6 is 0 Å². The number of esters is 1. The van der Waals surface area contributed by atoms with Crippen LogP contribution in [-0.4, -0.2) is 25.3 Å². The quantitative estimate of drug-likeness (QED) is 0.513. The molecule has 0 saturated carbocycles. The average Bonchev–Trinajstić information content (AvgIpc) is 2.14. The van der Waals surface area contributed by atoms with Crippen molar-refractivity contribution in [2.75, 3.05) is 13.2 Å². The first kappa shape index (κ1) is 11.2. The van der Waals surface area contributed by atoms with Crippen molar-refractivity contribution in [3.63, 3.8) is 0 Å². The monoisotopic (exact) mass is 198 g/mol. The Hall–Kier alpha value is -0.830. The molecule has 1 rings (SSSR count). The fourth-order valence-electron chi connectivity index (χ4n) is 1.56. The highest BCUT2D eigenvalue weighted by atomic mass is 16.5. The fraction of sp³-hybridized carbons (Fsp3) is 0.727. The number of carbonyl (C=O) groups excluding carboxylic acids is 1. The lowest BCUT2D eigenvalue weighted by Crippen LogP contribution is -2.27. The van der Waals surface area contributed by atoms with Gasteiger partial charge in [-0.3, -0.25) is 0 Å². The molecule has 2 unspecified atom stereocenters. The molecule has 2 atom stereocenters. The smallest absolute Gasteiger partial charge is 0.333 e. The minimum absolute atomic E-state index is 0.288. The molecule has 1 aliphatic rings. The van der Waals surface area contributed by atoms with Gasteiger partial charge in [-0.15, -0.1) is 0 Å². The van der Waals surface area contributed by atoms with Gasteiger partial charge in [0, 0.05) is 12.2 Å². The Bertz CT molecular complexity index is 223. The highest BCUT2D eigenvalue weighted by Gasteiger charge is 2.20. The van der Waals surface area contributed by atoms with E-state index in [0.717, 1.165) is 19.4 Å². The van der Waals surface area contributed by atoms with Crippen molar-refractivity contribution in [2.45, 2.75) is 32.8 Å². The molecule has 0 amide bonds. The predicted octanol–water partition coefficient (Wildman–Crippen LogP) is 1.92. The molecule has 1 fully saturated rings. The number of ether oxygens (including phenoxy) is 2. The molecule has 0 spiro atoms. The lowest BCUT2D eigenvalue weighted by molar-refractivity contribution is -0.141. The summed E-state index contributed by atoms with van der Waals surface area (Å²) in [6.07, 6.45) is 2.24. The minimum Gasteiger partial charge on any atom is -0.462 e. The molecule has 0 N–H and O–H groups in total. The lowest BCUT2D eigenvalue weighted by Gasteiger charge is -2.26. The van der Waals surface area contributed by atoms with Crippen molar-refractivity contribution in [1.29, 1.82) is 0 Å². The SMILES string of the molecule is C=C(C)C(=O)OCC1CCOC(C)C1. The van der Waals surface area contributed by atoms with Crippen molar-refractivity contribution >= 4 is 5.97 Å². The zero-order valence-corrected chi connectivity index (χ0v) is 8.91. The van der Waals surface area contributed by atoms with Crippen LogP contribution in [0.25, 0.3) is 0 Å². The molecule has 0 bridgehead atoms. The van der Waals surface area contributed by atoms with Gasteiger partial charge in [-0.2, -0.15) is 0 Å². The normalized spacial score (nSPS) is 27.0. The van der Waals surface area contributed by atoms with Gasteiger partial charge in [-0.05, 0) is 32.6 Å². The molecule has 14 heavy (non-hydrogen) atoms. The summed E-state index contributed by atoms with van der Waals surface area (Å²) in [4.78, 5) is 11.1. The first-order valence-electron chi connectivity index (χ1n) is 5.04. The molecule has 1 heterocycles. The van der Waals surface area contributed by atoms with E-state index in [1.807, 2.05) is 6.92 Å². The van der Waals surface area contributed by atoms with E-state index < -0.39 is 0 Å². The molecule has 1 aliphatic heterocycles. The minimum atomic E-state index is -0.288. The van der Waals surface area contributed by atoms with E-state index in [9.17, 15) is 4.79 Å². The average molecular weight is 198 g/mol. The van der Waals surface area contributed by atoms with Crippen LogP contribution in [0.15, 0.2) is 12.2 Å². The van der Waals surface area contributed by atoms with E-state index in [0.29, 0.717) is 18.1 Å². The Labute approximate surface area is 85.1 Å². The Morgan fingerprint density at radius 2 is 2.36 bits per heavy atom. The highest BCUT2D eigenvalue weighted by Crippen LogP contribution is 2.20. The van der Waals surface area contributed by atoms with E-state index in [1.54, 1.807) is 6.92 Å². The summed E-state index contributed by atoms with van der Waals surface area (Å²) in [5.41, 5.74) is 0.463. The summed E-state index contributed by atoms with van der Waals surface area (Å²) in [6, 6.07) is 0. The molecule has 3 nitrogen and oxygen atoms in total. The molecule has 1 saturated heterocycles. The van der Waals surface area contributed by atoms with Gasteiger partial charge in [0.15, 0.2) is 0 Å². The van der Waals surface area contributed by atoms with E-state index in [1.165, 1.54) is 0 Å². The Balaban J connectivity index is 2.24. The van der Waals surface area contributed by atoms with Crippen molar-refractivity contribution in [1.82, 2.24) is 0 Å². The molecular weight excluding hydrogens is 180 g/mol. The topological polar surface area (TPSA) is 35.5 Å². The molecule has 0 aromatic heterocycles. The molecule has 0 aliphatic carbocycles. The summed E-state index contributed by atoms with van der Waals surface area (Å²) < 4.78 is 10.5. The van der Waals surface area contributed by atoms with Crippen LogP contribution in [0.5, 0.6) is 0 Å². The Morgan fingerprint density at radius 1 is 1.64 bits per heavy atom. The third-order valence-electron chi connectivity index (χ3n) is 2.39. The third kappa shape index (κ3) is 3.50. The maximum Gasteiger partial charge on any atom is 0.333 e. The van der Waals surface area contributed by atoms with E-state index in [4.69, 9.17) is 9.47 Å². The summed E-state index contributed by atoms with van der Waals surface area (Å²) in [6.45, 7) is 8.52. The summed E-state index contributed by atoms with van der Waals surface area (Å²) in [7, 11) is 0. The maximum atomic E-state index is 11.1. The Kier molecular flexibility index (Phi) is 4.14. The van der Waals surface area contributed by atoms with Crippen molar-refractivity contribution in [3.8, 4) is 0 Å². The standard InChI is InChI=1S/C11H18O3/c1-8(2)11(12)14-7-10-4-5-13-9(3)6-10/h9-10H,1,4-7H2,2-3H3. The number of carbonyl (C=O) groups is 1. The summed E-state index contributed by atoms with van der Waals surface area (Å²) in [5, 5.41) is 0. The first-order valence-corrected chi connectivity index (χ1v) is 5.04. The molecule has 0 aromatic carbocycles. The van der Waals surface area contributed by atoms with Crippen molar-refractivity contribution in [3.05, 3.63) is 12.2 Å². The zero-order valence-electron chi connectivity index (χ0n) is 8.91. The molecular formula is C11H18O3. The van der Waals surface area contributed by atoms with Crippen molar-refractivity contribution < 1.29 is 14.3 Å². The maximum absolute atomic E-state index is 11.1. The van der Waals surface area contributed by atoms with Crippen LogP contribution in [0.1, 0.15) is 26.7 Å². The van der Waals surface area contributed by atoms with Crippen LogP contribution in [0.2, 0.25) is 0 Å². The van der Waals surface area contributed by atoms with Gasteiger partial charge in [0.2, 0.25) is 0 Å². The molecule has 80 valence electrons. The van der Waals surface area contributed by atoms with Crippen LogP contribution < -0.4 is 0 Å². The second-order valence-corrected chi connectivity index (χ2v) is 3.95. The zero-order chi connectivity index (χ0) is 10.6.